The van der Waals surface area contributed by atoms with Gasteiger partial charge in [-0.3, -0.25) is 14.5 Å². The molecule has 0 spiro atoms. The highest BCUT2D eigenvalue weighted by atomic mass is 32.2. The standard InChI is InChI=1S/C21H23N3O4S/c1-14(2-3-15-6-10-18(25)11-7-15)22-20(27)23-17-8-4-16(5-9-17)12-24-19(26)13-29-21(24)28/h4-11,14,25H,2-3,12-13H2,1H3,(H2,22,23,27). The number of phenols is 1. The summed E-state index contributed by atoms with van der Waals surface area (Å²) in [5, 5.41) is 14.8. The van der Waals surface area contributed by atoms with Crippen molar-refractivity contribution in [2.45, 2.75) is 32.4 Å². The van der Waals surface area contributed by atoms with Crippen molar-refractivity contribution in [1.82, 2.24) is 10.2 Å². The summed E-state index contributed by atoms with van der Waals surface area (Å²) in [6, 6.07) is 13.8. The topological polar surface area (TPSA) is 98.7 Å². The van der Waals surface area contributed by atoms with Crippen LogP contribution in [0.25, 0.3) is 0 Å². The van der Waals surface area contributed by atoms with Crippen LogP contribution in [0.1, 0.15) is 24.5 Å². The molecule has 4 amide bonds. The van der Waals surface area contributed by atoms with Gasteiger partial charge in [0, 0.05) is 11.7 Å². The molecule has 29 heavy (non-hydrogen) atoms. The first-order valence-electron chi connectivity index (χ1n) is 9.32. The Morgan fingerprint density at radius 3 is 2.38 bits per heavy atom. The van der Waals surface area contributed by atoms with E-state index >= 15 is 0 Å². The highest BCUT2D eigenvalue weighted by Gasteiger charge is 2.29. The minimum absolute atomic E-state index is 0.0206. The lowest BCUT2D eigenvalue weighted by Crippen LogP contribution is -2.36. The Morgan fingerprint density at radius 1 is 1.10 bits per heavy atom. The summed E-state index contributed by atoms with van der Waals surface area (Å²) in [6.45, 7) is 2.18. The van der Waals surface area contributed by atoms with Gasteiger partial charge in [0.1, 0.15) is 5.75 Å². The molecule has 7 nitrogen and oxygen atoms in total. The Labute approximate surface area is 173 Å². The van der Waals surface area contributed by atoms with E-state index in [0.717, 1.165) is 35.7 Å². The maximum Gasteiger partial charge on any atom is 0.319 e. The van der Waals surface area contributed by atoms with Crippen LogP contribution in [-0.4, -0.2) is 39.0 Å². The lowest BCUT2D eigenvalue weighted by atomic mass is 10.1. The van der Waals surface area contributed by atoms with Gasteiger partial charge in [0.2, 0.25) is 5.91 Å². The number of urea groups is 1. The average Bonchev–Trinajstić information content (AvgIpc) is 3.01. The normalized spacial score (nSPS) is 14.7. The third kappa shape index (κ3) is 5.99. The molecule has 1 heterocycles. The van der Waals surface area contributed by atoms with Gasteiger partial charge in [0.15, 0.2) is 0 Å². The van der Waals surface area contributed by atoms with E-state index in [-0.39, 0.29) is 41.3 Å². The lowest BCUT2D eigenvalue weighted by molar-refractivity contribution is -0.125. The van der Waals surface area contributed by atoms with E-state index in [0.29, 0.717) is 5.69 Å². The molecule has 1 aliphatic rings. The van der Waals surface area contributed by atoms with Gasteiger partial charge in [-0.2, -0.15) is 0 Å². The number of anilines is 1. The molecule has 8 heteroatoms. The number of carbonyl (C=O) groups is 3. The molecule has 2 aromatic rings. The van der Waals surface area contributed by atoms with Crippen LogP contribution in [0.3, 0.4) is 0 Å². The molecule has 0 bridgehead atoms. The molecule has 2 aromatic carbocycles. The number of carbonyl (C=O) groups excluding carboxylic acids is 3. The largest absolute Gasteiger partial charge is 0.508 e. The maximum atomic E-state index is 12.2. The van der Waals surface area contributed by atoms with Crippen molar-refractivity contribution in [2.24, 2.45) is 0 Å². The molecule has 1 atom stereocenters. The van der Waals surface area contributed by atoms with Crippen molar-refractivity contribution in [2.75, 3.05) is 11.1 Å². The Morgan fingerprint density at radius 2 is 1.76 bits per heavy atom. The fourth-order valence-electron chi connectivity index (χ4n) is 2.92. The number of nitrogens with one attached hydrogen (secondary N) is 2. The fraction of sp³-hybridized carbons (Fsp3) is 0.286. The average molecular weight is 413 g/mol. The smallest absolute Gasteiger partial charge is 0.319 e. The predicted octanol–water partition coefficient (Wildman–Crippen LogP) is 3.73. The number of hydrogen-bond donors (Lipinski definition) is 3. The molecule has 0 aromatic heterocycles. The van der Waals surface area contributed by atoms with Crippen LogP contribution in [0.5, 0.6) is 5.75 Å². The molecule has 1 aliphatic heterocycles. The van der Waals surface area contributed by atoms with E-state index in [1.165, 1.54) is 4.90 Å². The van der Waals surface area contributed by atoms with Gasteiger partial charge in [-0.25, -0.2) is 4.79 Å². The van der Waals surface area contributed by atoms with Gasteiger partial charge in [-0.15, -0.1) is 0 Å². The molecular formula is C21H23N3O4S. The summed E-state index contributed by atoms with van der Waals surface area (Å²) in [7, 11) is 0. The zero-order chi connectivity index (χ0) is 20.8. The van der Waals surface area contributed by atoms with Crippen molar-refractivity contribution >= 4 is 34.6 Å². The zero-order valence-corrected chi connectivity index (χ0v) is 16.9. The van der Waals surface area contributed by atoms with E-state index < -0.39 is 0 Å². The molecule has 1 fully saturated rings. The van der Waals surface area contributed by atoms with Gasteiger partial charge in [0.05, 0.1) is 12.3 Å². The highest BCUT2D eigenvalue weighted by molar-refractivity contribution is 8.14. The SMILES string of the molecule is CC(CCc1ccc(O)cc1)NC(=O)Nc1ccc(CN2C(=O)CSC2=O)cc1. The van der Waals surface area contributed by atoms with Crippen molar-refractivity contribution in [3.63, 3.8) is 0 Å². The predicted molar refractivity (Wildman–Crippen MR) is 113 cm³/mol. The first-order chi connectivity index (χ1) is 13.9. The number of aryl methyl sites for hydroxylation is 1. The summed E-state index contributed by atoms with van der Waals surface area (Å²) in [5.41, 5.74) is 2.55. The number of aromatic hydroxyl groups is 1. The van der Waals surface area contributed by atoms with Crippen molar-refractivity contribution in [1.29, 1.82) is 0 Å². The van der Waals surface area contributed by atoms with E-state index in [9.17, 15) is 19.5 Å². The van der Waals surface area contributed by atoms with Gasteiger partial charge < -0.3 is 15.7 Å². The second-order valence-corrected chi connectivity index (χ2v) is 7.86. The first kappa shape index (κ1) is 20.7. The van der Waals surface area contributed by atoms with Crippen LogP contribution < -0.4 is 10.6 Å². The van der Waals surface area contributed by atoms with Crippen molar-refractivity contribution in [3.8, 4) is 5.75 Å². The molecule has 0 saturated carbocycles. The summed E-state index contributed by atoms with van der Waals surface area (Å²) < 4.78 is 0. The van der Waals surface area contributed by atoms with Gasteiger partial charge in [-0.1, -0.05) is 36.0 Å². The Bertz CT molecular complexity index is 868. The molecule has 1 saturated heterocycles. The molecule has 1 unspecified atom stereocenters. The maximum absolute atomic E-state index is 12.2. The molecular weight excluding hydrogens is 390 g/mol. The molecule has 3 rings (SSSR count). The van der Waals surface area contributed by atoms with Crippen LogP contribution in [0.15, 0.2) is 48.5 Å². The molecule has 0 aliphatic carbocycles. The number of thioether (sulfide) groups is 1. The third-order valence-electron chi connectivity index (χ3n) is 4.57. The third-order valence-corrected chi connectivity index (χ3v) is 5.43. The van der Waals surface area contributed by atoms with Crippen molar-refractivity contribution < 1.29 is 19.5 Å². The van der Waals surface area contributed by atoms with Crippen LogP contribution in [0, 0.1) is 0 Å². The summed E-state index contributed by atoms with van der Waals surface area (Å²) in [5.74, 6) is 0.259. The number of phenolic OH excluding ortho intramolecular Hbond substituents is 1. The molecule has 3 N–H and O–H groups in total. The summed E-state index contributed by atoms with van der Waals surface area (Å²) in [4.78, 5) is 36.7. The van der Waals surface area contributed by atoms with Gasteiger partial charge >= 0.3 is 6.03 Å². The van der Waals surface area contributed by atoms with E-state index in [2.05, 4.69) is 10.6 Å². The number of rotatable bonds is 7. The molecule has 0 radical (unpaired) electrons. The van der Waals surface area contributed by atoms with Crippen LogP contribution in [-0.2, 0) is 17.8 Å². The van der Waals surface area contributed by atoms with Crippen LogP contribution >= 0.6 is 11.8 Å². The number of hydrogen-bond acceptors (Lipinski definition) is 5. The van der Waals surface area contributed by atoms with Crippen LogP contribution in [0.4, 0.5) is 15.3 Å². The minimum atomic E-state index is -0.294. The second-order valence-electron chi connectivity index (χ2n) is 6.94. The number of imide groups is 1. The molecule has 152 valence electrons. The second kappa shape index (κ2) is 9.47. The monoisotopic (exact) mass is 413 g/mol. The Hall–Kier alpha value is -3.00. The Kier molecular flexibility index (Phi) is 6.77. The van der Waals surface area contributed by atoms with Crippen LogP contribution in [0.2, 0.25) is 0 Å². The van der Waals surface area contributed by atoms with Gasteiger partial charge in [-0.05, 0) is 55.2 Å². The van der Waals surface area contributed by atoms with Crippen molar-refractivity contribution in [3.05, 3.63) is 59.7 Å². The van der Waals surface area contributed by atoms with Gasteiger partial charge in [0.25, 0.3) is 5.24 Å². The summed E-state index contributed by atoms with van der Waals surface area (Å²) >= 11 is 1.01. The number of benzene rings is 2. The highest BCUT2D eigenvalue weighted by Crippen LogP contribution is 2.22. The number of amides is 4. The summed E-state index contributed by atoms with van der Waals surface area (Å²) in [6.07, 6.45) is 1.57. The van der Waals surface area contributed by atoms with E-state index in [1.807, 2.05) is 19.1 Å². The minimum Gasteiger partial charge on any atom is -0.508 e. The quantitative estimate of drug-likeness (QED) is 0.642. The van der Waals surface area contributed by atoms with E-state index in [1.54, 1.807) is 36.4 Å². The van der Waals surface area contributed by atoms with E-state index in [4.69, 9.17) is 0 Å². The first-order valence-corrected chi connectivity index (χ1v) is 10.3. The Balaban J connectivity index is 1.44. The zero-order valence-electron chi connectivity index (χ0n) is 16.1. The lowest BCUT2D eigenvalue weighted by Gasteiger charge is -2.15. The fourth-order valence-corrected chi connectivity index (χ4v) is 3.64. The number of nitrogens with zero attached hydrogens (tertiary/aromatic N) is 1.